The number of ether oxygens (including phenoxy) is 1. The van der Waals surface area contributed by atoms with Gasteiger partial charge in [-0.2, -0.15) is 0 Å². The van der Waals surface area contributed by atoms with Crippen LogP contribution in [0.3, 0.4) is 0 Å². The van der Waals surface area contributed by atoms with Crippen LogP contribution in [-0.4, -0.2) is 6.71 Å². The number of anilines is 3. The topological polar surface area (TPSA) is 12.5 Å². The van der Waals surface area contributed by atoms with Crippen LogP contribution in [0.25, 0.3) is 33.0 Å². The molecule has 1 aliphatic carbocycles. The van der Waals surface area contributed by atoms with Gasteiger partial charge in [-0.15, -0.1) is 0 Å². The third-order valence-corrected chi connectivity index (χ3v) is 13.0. The molecule has 0 spiro atoms. The molecule has 0 bridgehead atoms. The summed E-state index contributed by atoms with van der Waals surface area (Å²) in [6, 6.07) is 54.0. The second-order valence-corrected chi connectivity index (χ2v) is 17.3. The molecule has 0 saturated heterocycles. The number of nitrogens with zero attached hydrogens (tertiary/aromatic N) is 1. The Hall–Kier alpha value is -6.32. The lowest BCUT2D eigenvalue weighted by Gasteiger charge is -2.30. The molecule has 0 fully saturated rings. The average Bonchev–Trinajstić information content (AvgIpc) is 3.42. The maximum atomic E-state index is 7.01. The van der Waals surface area contributed by atoms with Crippen LogP contribution >= 0.6 is 0 Å². The smallest absolute Gasteiger partial charge is 0.243 e. The molecule has 2 aliphatic rings. The number of aryl methyl sites for hydroxylation is 6. The van der Waals surface area contributed by atoms with E-state index >= 15 is 0 Å². The molecule has 0 radical (unpaired) electrons. The summed E-state index contributed by atoms with van der Waals surface area (Å²) in [5.41, 5.74) is 22.9. The minimum Gasteiger partial charge on any atom is -0.456 e. The summed E-state index contributed by atoms with van der Waals surface area (Å²) in [5, 5.41) is 2.41. The molecule has 1 heterocycles. The summed E-state index contributed by atoms with van der Waals surface area (Å²) in [6.07, 6.45) is 0. The van der Waals surface area contributed by atoms with Gasteiger partial charge in [-0.25, -0.2) is 0 Å². The van der Waals surface area contributed by atoms with Gasteiger partial charge in [0.2, 0.25) is 6.71 Å². The fraction of sp³-hybridized carbons (Fsp3) is 0.164. The molecule has 10 rings (SSSR count). The summed E-state index contributed by atoms with van der Waals surface area (Å²) in [6.45, 7) is 18.3. The molecule has 0 unspecified atom stereocenters. The number of hydrogen-bond acceptors (Lipinski definition) is 2. The summed E-state index contributed by atoms with van der Waals surface area (Å²) in [4.78, 5) is 2.37. The van der Waals surface area contributed by atoms with Crippen molar-refractivity contribution in [1.82, 2.24) is 0 Å². The van der Waals surface area contributed by atoms with Crippen molar-refractivity contribution in [3.63, 3.8) is 0 Å². The van der Waals surface area contributed by atoms with E-state index < -0.39 is 0 Å². The minimum atomic E-state index is -0.1000. The zero-order valence-corrected chi connectivity index (χ0v) is 34.8. The van der Waals surface area contributed by atoms with Gasteiger partial charge in [0.15, 0.2) is 0 Å². The molecule has 0 amide bonds. The van der Waals surface area contributed by atoms with Crippen molar-refractivity contribution in [3.05, 3.63) is 190 Å². The van der Waals surface area contributed by atoms with Gasteiger partial charge in [-0.1, -0.05) is 161 Å². The van der Waals surface area contributed by atoms with Crippen molar-refractivity contribution >= 4 is 50.9 Å². The summed E-state index contributed by atoms with van der Waals surface area (Å²) >= 11 is 0. The van der Waals surface area contributed by atoms with E-state index in [0.29, 0.717) is 0 Å². The first-order chi connectivity index (χ1) is 28.0. The summed E-state index contributed by atoms with van der Waals surface area (Å²) in [5.74, 6) is 1.77. The Morgan fingerprint density at radius 3 is 1.69 bits per heavy atom. The van der Waals surface area contributed by atoms with Crippen molar-refractivity contribution < 1.29 is 4.74 Å². The molecule has 0 N–H and O–H groups in total. The van der Waals surface area contributed by atoms with Gasteiger partial charge in [0.25, 0.3) is 0 Å². The zero-order valence-electron chi connectivity index (χ0n) is 34.8. The third-order valence-electron chi connectivity index (χ3n) is 13.0. The molecule has 0 atom stereocenters. The van der Waals surface area contributed by atoms with E-state index in [4.69, 9.17) is 4.74 Å². The lowest BCUT2D eigenvalue weighted by Crippen LogP contribution is -2.56. The van der Waals surface area contributed by atoms with Gasteiger partial charge in [-0.05, 0) is 117 Å². The van der Waals surface area contributed by atoms with Gasteiger partial charge >= 0.3 is 0 Å². The summed E-state index contributed by atoms with van der Waals surface area (Å²) in [7, 11) is 0. The first-order valence-corrected chi connectivity index (χ1v) is 20.6. The molecule has 282 valence electrons. The van der Waals surface area contributed by atoms with Crippen molar-refractivity contribution in [2.75, 3.05) is 4.90 Å². The second-order valence-electron chi connectivity index (χ2n) is 17.3. The molecule has 8 aromatic carbocycles. The lowest BCUT2D eigenvalue weighted by molar-refractivity contribution is 0.487. The van der Waals surface area contributed by atoms with Gasteiger partial charge < -0.3 is 9.64 Å². The Morgan fingerprint density at radius 1 is 0.448 bits per heavy atom. The molecule has 0 saturated carbocycles. The van der Waals surface area contributed by atoms with E-state index in [1.54, 1.807) is 0 Å². The van der Waals surface area contributed by atoms with Crippen LogP contribution < -0.4 is 26.0 Å². The highest BCUT2D eigenvalue weighted by molar-refractivity contribution is 6.98. The highest BCUT2D eigenvalue weighted by Crippen LogP contribution is 2.52. The van der Waals surface area contributed by atoms with Gasteiger partial charge in [-0.3, -0.25) is 0 Å². The van der Waals surface area contributed by atoms with Crippen LogP contribution in [-0.2, 0) is 5.41 Å². The molecular weight excluding hydrogens is 701 g/mol. The quantitative estimate of drug-likeness (QED) is 0.157. The average molecular weight is 750 g/mol. The Labute approximate surface area is 343 Å². The number of hydrogen-bond donors (Lipinski definition) is 0. The van der Waals surface area contributed by atoms with E-state index in [9.17, 15) is 0 Å². The van der Waals surface area contributed by atoms with Crippen molar-refractivity contribution in [3.8, 4) is 33.8 Å². The number of fused-ring (bicyclic) bond motifs is 5. The Bertz CT molecular complexity index is 2870. The number of rotatable bonds is 6. The molecular formula is C55H48BNO. The van der Waals surface area contributed by atoms with Gasteiger partial charge in [0.05, 0.1) is 0 Å². The van der Waals surface area contributed by atoms with Crippen molar-refractivity contribution in [2.24, 2.45) is 0 Å². The van der Waals surface area contributed by atoms with Crippen LogP contribution in [0.2, 0.25) is 0 Å². The number of para-hydroxylation sites is 1. The Kier molecular flexibility index (Phi) is 8.32. The van der Waals surface area contributed by atoms with Crippen LogP contribution in [0.1, 0.15) is 58.4 Å². The molecule has 1 aliphatic heterocycles. The minimum absolute atomic E-state index is 0.0683. The Morgan fingerprint density at radius 2 is 1.02 bits per heavy atom. The first-order valence-electron chi connectivity index (χ1n) is 20.6. The number of benzene rings is 8. The SMILES string of the molecule is Cc1cc(C)c(B(c2c(C)cc(C)cc2C)c2ccc3c4c(cccc24)Oc2cc(N(c4ccccc4)c4ccc5c(c4)C(C)(C)c4ccccc4-5)ccc2-3)c(C)c1. The van der Waals surface area contributed by atoms with E-state index in [1.165, 1.54) is 88.4 Å². The normalized spacial score (nSPS) is 13.1. The third kappa shape index (κ3) is 5.55. The molecule has 2 nitrogen and oxygen atoms in total. The van der Waals surface area contributed by atoms with Crippen LogP contribution in [0, 0.1) is 41.5 Å². The summed E-state index contributed by atoms with van der Waals surface area (Å²) < 4.78 is 7.01. The van der Waals surface area contributed by atoms with Gasteiger partial charge in [0.1, 0.15) is 11.5 Å². The molecule has 58 heavy (non-hydrogen) atoms. The standard InChI is InChI=1S/C55H48BNO/c1-33-27-35(3)53(36(4)28-33)56(54-37(5)29-34(2)30-38(54)6)49-26-25-45-44-24-22-41(32-51(44)58-50-20-14-18-46(49)52(45)50)57(39-15-10-9-11-16-39)40-21-23-43-42-17-12-13-19-47(42)55(7,8)48(43)31-40/h9-32H,1-8H3. The van der Waals surface area contributed by atoms with E-state index in [1.807, 2.05) is 0 Å². The van der Waals surface area contributed by atoms with Crippen molar-refractivity contribution in [2.45, 2.75) is 60.8 Å². The molecule has 0 aromatic heterocycles. The predicted octanol–water partition coefficient (Wildman–Crippen LogP) is 12.8. The van der Waals surface area contributed by atoms with Crippen LogP contribution in [0.15, 0.2) is 146 Å². The van der Waals surface area contributed by atoms with E-state index in [0.717, 1.165) is 34.1 Å². The van der Waals surface area contributed by atoms with E-state index in [2.05, 4.69) is 206 Å². The highest BCUT2D eigenvalue weighted by atomic mass is 16.5. The molecule has 8 aromatic rings. The largest absolute Gasteiger partial charge is 0.456 e. The van der Waals surface area contributed by atoms with E-state index in [-0.39, 0.29) is 12.1 Å². The van der Waals surface area contributed by atoms with Crippen LogP contribution in [0.4, 0.5) is 17.1 Å². The zero-order chi connectivity index (χ0) is 40.0. The van der Waals surface area contributed by atoms with Crippen molar-refractivity contribution in [1.29, 1.82) is 0 Å². The fourth-order valence-corrected chi connectivity index (χ4v) is 10.6. The monoisotopic (exact) mass is 749 g/mol. The fourth-order valence-electron chi connectivity index (χ4n) is 10.6. The Balaban J connectivity index is 1.13. The maximum absolute atomic E-state index is 7.01. The lowest BCUT2D eigenvalue weighted by atomic mass is 9.33. The maximum Gasteiger partial charge on any atom is 0.243 e. The first kappa shape index (κ1) is 36.1. The highest BCUT2D eigenvalue weighted by Gasteiger charge is 2.36. The second kappa shape index (κ2) is 13.4. The predicted molar refractivity (Wildman–Crippen MR) is 248 cm³/mol. The molecule has 3 heteroatoms. The van der Waals surface area contributed by atoms with Gasteiger partial charge in [0, 0.05) is 39.5 Å². The van der Waals surface area contributed by atoms with Crippen LogP contribution in [0.5, 0.6) is 11.5 Å².